The minimum Gasteiger partial charge on any atom is -0.358 e. The molecule has 0 unspecified atom stereocenters. The molecule has 0 saturated carbocycles. The Hall–Kier alpha value is -2.19. The summed E-state index contributed by atoms with van der Waals surface area (Å²) in [4.78, 5) is 11.2. The van der Waals surface area contributed by atoms with Crippen molar-refractivity contribution in [3.05, 3.63) is 27.4 Å². The molecule has 1 aromatic rings. The highest BCUT2D eigenvalue weighted by atomic mass is 32.2. The Bertz CT molecular complexity index is 652. The molecule has 0 fully saturated rings. The van der Waals surface area contributed by atoms with Crippen molar-refractivity contribution in [3.8, 4) is 6.07 Å². The monoisotopic (exact) mass is 278 g/mol. The molecule has 0 spiro atoms. The second-order valence-electron chi connectivity index (χ2n) is 2.95. The van der Waals surface area contributed by atoms with Crippen molar-refractivity contribution < 1.29 is 22.1 Å². The van der Waals surface area contributed by atoms with Crippen LogP contribution >= 0.6 is 0 Å². The van der Waals surface area contributed by atoms with E-state index in [0.29, 0.717) is 6.20 Å². The predicted molar refractivity (Wildman–Crippen MR) is 51.9 cm³/mol. The molecule has 0 atom stereocenters. The summed E-state index contributed by atoms with van der Waals surface area (Å²) in [7, 11) is -4.48. The van der Waals surface area contributed by atoms with Crippen LogP contribution in [0.3, 0.4) is 0 Å². The number of nitrogens with two attached hydrogens (primary N) is 1. The lowest BCUT2D eigenvalue weighted by molar-refractivity contribution is -0.391. The summed E-state index contributed by atoms with van der Waals surface area (Å²) in [6.45, 7) is 0. The highest BCUT2D eigenvalue weighted by molar-refractivity contribution is 7.89. The topological polar surface area (TPSA) is 140 Å². The van der Waals surface area contributed by atoms with Crippen LogP contribution in [0, 0.1) is 21.4 Å². The average molecular weight is 278 g/mol. The number of alkyl halides is 2. The number of nitro groups is 1. The number of hydrogen-bond donors (Lipinski definition) is 1. The van der Waals surface area contributed by atoms with E-state index < -0.39 is 43.2 Å². The molecule has 0 aromatic carbocycles. The number of nitrogens with zero attached hydrogens (tertiary/aromatic N) is 3. The van der Waals surface area contributed by atoms with Crippen LogP contribution in [-0.2, 0) is 10.0 Å². The van der Waals surface area contributed by atoms with E-state index in [1.54, 1.807) is 0 Å². The van der Waals surface area contributed by atoms with Crippen LogP contribution in [0.5, 0.6) is 0 Å². The first kappa shape index (κ1) is 13.9. The number of primary sulfonamides is 1. The van der Waals surface area contributed by atoms with Gasteiger partial charge in [0.15, 0.2) is 6.20 Å². The Labute approximate surface area is 98.9 Å². The summed E-state index contributed by atoms with van der Waals surface area (Å²) in [5.74, 6) is -1.28. The van der Waals surface area contributed by atoms with Gasteiger partial charge < -0.3 is 10.1 Å². The third-order valence-electron chi connectivity index (χ3n) is 1.87. The first-order valence-corrected chi connectivity index (χ1v) is 5.63. The molecular weight excluding hydrogens is 274 g/mol. The summed E-state index contributed by atoms with van der Waals surface area (Å²) >= 11 is 0. The Morgan fingerprint density at radius 3 is 2.44 bits per heavy atom. The molecule has 0 bridgehead atoms. The van der Waals surface area contributed by atoms with Crippen LogP contribution in [0.1, 0.15) is 17.6 Å². The molecular formula is C7H4F2N4O4S. The molecule has 1 heterocycles. The van der Waals surface area contributed by atoms with Crippen LogP contribution in [0.4, 0.5) is 14.6 Å². The van der Waals surface area contributed by atoms with Gasteiger partial charge in [0, 0.05) is 0 Å². The van der Waals surface area contributed by atoms with Gasteiger partial charge in [0.1, 0.15) is 16.5 Å². The maximum Gasteiger partial charge on any atom is 0.373 e. The van der Waals surface area contributed by atoms with Gasteiger partial charge in [0.05, 0.1) is 5.56 Å². The highest BCUT2D eigenvalue weighted by Crippen LogP contribution is 2.32. The van der Waals surface area contributed by atoms with Gasteiger partial charge in [-0.2, -0.15) is 5.26 Å². The van der Waals surface area contributed by atoms with E-state index in [4.69, 9.17) is 10.4 Å². The summed E-state index contributed by atoms with van der Waals surface area (Å²) in [5, 5.41) is 23.8. The van der Waals surface area contributed by atoms with Gasteiger partial charge >= 0.3 is 5.82 Å². The van der Waals surface area contributed by atoms with E-state index in [2.05, 4.69) is 4.98 Å². The molecule has 8 nitrogen and oxygen atoms in total. The van der Waals surface area contributed by atoms with Crippen LogP contribution in [0.15, 0.2) is 11.1 Å². The predicted octanol–water partition coefficient (Wildman–Crippen LogP) is 0.446. The lowest BCUT2D eigenvalue weighted by Crippen LogP contribution is -2.16. The van der Waals surface area contributed by atoms with Gasteiger partial charge in [-0.1, -0.05) is 0 Å². The third-order valence-corrected chi connectivity index (χ3v) is 2.79. The summed E-state index contributed by atoms with van der Waals surface area (Å²) in [6.07, 6.45) is -3.04. The number of pyridine rings is 1. The minimum atomic E-state index is -4.48. The van der Waals surface area contributed by atoms with Crippen molar-refractivity contribution in [1.82, 2.24) is 4.98 Å². The average Bonchev–Trinajstić information content (AvgIpc) is 2.25. The highest BCUT2D eigenvalue weighted by Gasteiger charge is 2.32. The van der Waals surface area contributed by atoms with Crippen molar-refractivity contribution in [2.24, 2.45) is 5.14 Å². The molecule has 0 aliphatic heterocycles. The fourth-order valence-corrected chi connectivity index (χ4v) is 1.82. The molecule has 96 valence electrons. The molecule has 0 amide bonds. The van der Waals surface area contributed by atoms with Crippen molar-refractivity contribution in [2.45, 2.75) is 11.3 Å². The van der Waals surface area contributed by atoms with Gasteiger partial charge in [0.25, 0.3) is 6.43 Å². The van der Waals surface area contributed by atoms with Crippen LogP contribution in [-0.4, -0.2) is 18.3 Å². The molecule has 11 heteroatoms. The third kappa shape index (κ3) is 2.39. The summed E-state index contributed by atoms with van der Waals surface area (Å²) < 4.78 is 47.4. The molecule has 1 aromatic heterocycles. The number of sulfonamides is 1. The van der Waals surface area contributed by atoms with Gasteiger partial charge in [-0.25, -0.2) is 22.3 Å². The van der Waals surface area contributed by atoms with E-state index >= 15 is 0 Å². The van der Waals surface area contributed by atoms with Gasteiger partial charge in [-0.15, -0.1) is 0 Å². The Morgan fingerprint density at radius 2 is 2.11 bits per heavy atom. The van der Waals surface area contributed by atoms with Gasteiger partial charge in [-0.3, -0.25) is 0 Å². The minimum absolute atomic E-state index is 0.401. The molecule has 0 aliphatic rings. The Kier molecular flexibility index (Phi) is 3.54. The zero-order chi connectivity index (χ0) is 14.1. The summed E-state index contributed by atoms with van der Waals surface area (Å²) in [5.41, 5.74) is -2.44. The molecule has 0 radical (unpaired) electrons. The molecule has 0 aliphatic carbocycles. The number of rotatable bonds is 3. The molecule has 0 saturated heterocycles. The molecule has 18 heavy (non-hydrogen) atoms. The van der Waals surface area contributed by atoms with E-state index in [0.717, 1.165) is 6.07 Å². The lowest BCUT2D eigenvalue weighted by Gasteiger charge is -2.06. The fourth-order valence-electron chi connectivity index (χ4n) is 1.18. The van der Waals surface area contributed by atoms with E-state index in [9.17, 15) is 27.3 Å². The fraction of sp³-hybridized carbons (Fsp3) is 0.143. The van der Waals surface area contributed by atoms with E-state index in [1.807, 2.05) is 0 Å². The van der Waals surface area contributed by atoms with Crippen molar-refractivity contribution in [3.63, 3.8) is 0 Å². The number of hydrogen-bond acceptors (Lipinski definition) is 6. The second-order valence-corrected chi connectivity index (χ2v) is 4.48. The van der Waals surface area contributed by atoms with Crippen molar-refractivity contribution >= 4 is 15.8 Å². The first-order chi connectivity index (χ1) is 8.20. The second kappa shape index (κ2) is 4.59. The SMILES string of the molecule is N#Cc1c(S(N)(=O)=O)cnc([N+](=O)[O-])c1C(F)F. The summed E-state index contributed by atoms with van der Waals surface area (Å²) in [6, 6.07) is 1.16. The zero-order valence-electron chi connectivity index (χ0n) is 8.37. The van der Waals surface area contributed by atoms with Crippen molar-refractivity contribution in [1.29, 1.82) is 5.26 Å². The van der Waals surface area contributed by atoms with Gasteiger partial charge in [0.2, 0.25) is 10.0 Å². The molecule has 2 N–H and O–H groups in total. The number of aromatic nitrogens is 1. The van der Waals surface area contributed by atoms with E-state index in [-0.39, 0.29) is 0 Å². The van der Waals surface area contributed by atoms with Crippen LogP contribution < -0.4 is 5.14 Å². The largest absolute Gasteiger partial charge is 0.373 e. The first-order valence-electron chi connectivity index (χ1n) is 4.08. The smallest absolute Gasteiger partial charge is 0.358 e. The number of halogens is 2. The Morgan fingerprint density at radius 1 is 1.56 bits per heavy atom. The standard InChI is InChI=1S/C7H4F2N4O4S/c8-6(9)5-3(1-10)4(18(11,16)17)2-12-7(5)13(14)15/h2,6H,(H2,11,16,17). The quantitative estimate of drug-likeness (QED) is 0.628. The maximum absolute atomic E-state index is 12.7. The van der Waals surface area contributed by atoms with Crippen LogP contribution in [0.25, 0.3) is 0 Å². The maximum atomic E-state index is 12.7. The zero-order valence-corrected chi connectivity index (χ0v) is 9.19. The normalized spacial score (nSPS) is 11.3. The number of nitriles is 1. The molecule has 1 rings (SSSR count). The van der Waals surface area contributed by atoms with E-state index in [1.165, 1.54) is 0 Å². The van der Waals surface area contributed by atoms with Crippen molar-refractivity contribution in [2.75, 3.05) is 0 Å². The van der Waals surface area contributed by atoms with Gasteiger partial charge in [-0.05, 0) is 9.91 Å². The lowest BCUT2D eigenvalue weighted by atomic mass is 10.1. The van der Waals surface area contributed by atoms with Crippen LogP contribution in [0.2, 0.25) is 0 Å². The Balaban J connectivity index is 3.82.